The van der Waals surface area contributed by atoms with E-state index in [2.05, 4.69) is 0 Å². The third-order valence-corrected chi connectivity index (χ3v) is 0. The average Bonchev–Trinajstić information content (AvgIpc) is 0.722. The Hall–Kier alpha value is 2.17. The summed E-state index contributed by atoms with van der Waals surface area (Å²) in [6.45, 7) is 0. The molecule has 0 heterocycles. The molecule has 5 heavy (non-hydrogen) atoms. The molecule has 0 atom stereocenters. The summed E-state index contributed by atoms with van der Waals surface area (Å²) in [4.78, 5) is 0. The van der Waals surface area contributed by atoms with Crippen LogP contribution in [0, 0.1) is 0 Å². The van der Waals surface area contributed by atoms with E-state index in [1.807, 2.05) is 0 Å². The van der Waals surface area contributed by atoms with Crippen LogP contribution in [0.4, 0.5) is 0 Å². The van der Waals surface area contributed by atoms with Crippen LogP contribution >= 0.6 is 0 Å². The van der Waals surface area contributed by atoms with Gasteiger partial charge in [0.1, 0.15) is 0 Å². The molecule has 0 aliphatic rings. The Morgan fingerprint density at radius 3 is 0.800 bits per heavy atom. The Kier molecular flexibility index (Phi) is 3.55. The first kappa shape index (κ1) is 7.17. The van der Waals surface area contributed by atoms with Crippen LogP contribution in [0.25, 0.3) is 0 Å². The molecule has 0 fully saturated rings. The summed E-state index contributed by atoms with van der Waals surface area (Å²) in [5.41, 5.74) is 0. The molecule has 0 amide bonds. The van der Waals surface area contributed by atoms with Crippen molar-refractivity contribution >= 4 is 66.1 Å². The van der Waals surface area contributed by atoms with Gasteiger partial charge in [0.15, 0.2) is 0 Å². The van der Waals surface area contributed by atoms with Crippen molar-refractivity contribution in [3.8, 4) is 0 Å². The molecular weight excluding hydrogens is 302 g/mol. The molecule has 0 unspecified atom stereocenters. The van der Waals surface area contributed by atoms with E-state index >= 15 is 0 Å². The predicted molar refractivity (Wildman–Crippen MR) is 42.4 cm³/mol. The van der Waals surface area contributed by atoms with Crippen molar-refractivity contribution in [2.45, 2.75) is 0.745 Å². The normalized spacial score (nSPS) is 24.0. The fraction of sp³-hybridized carbons (Fsp3) is 1.00. The first-order chi connectivity index (χ1) is 2.00. The van der Waals surface area contributed by atoms with Gasteiger partial charge in [-0.25, -0.2) is 0 Å². The second-order valence-electron chi connectivity index (χ2n) is 3.00. The Labute approximate surface area is 66.1 Å². The van der Waals surface area contributed by atoms with Crippen molar-refractivity contribution in [3.63, 3.8) is 0 Å². The molecule has 0 nitrogen and oxygen atoms in total. The van der Waals surface area contributed by atoms with Gasteiger partial charge in [-0.1, -0.05) is 0 Å². The standard InChI is InChI=1S/CH12Ge4/c2-1(3,4)5/h2-5H3. The number of hydrogen-bond donors (Lipinski definition) is 0. The number of hydrogen-bond acceptors (Lipinski definition) is 0. The van der Waals surface area contributed by atoms with E-state index in [9.17, 15) is 0 Å². The predicted octanol–water partition coefficient (Wildman–Crippen LogP) is -4.52. The summed E-state index contributed by atoms with van der Waals surface area (Å²) in [6, 6.07) is 0. The molecule has 0 N–H and O–H groups in total. The van der Waals surface area contributed by atoms with Crippen molar-refractivity contribution in [1.29, 1.82) is 0 Å². The van der Waals surface area contributed by atoms with Crippen molar-refractivity contribution in [1.82, 2.24) is 0 Å². The van der Waals surface area contributed by atoms with E-state index in [0.29, 0.717) is 0 Å². The third-order valence-electron chi connectivity index (χ3n) is 0. The molecule has 0 aromatic rings. The molecular formula is CH12Ge4. The quantitative estimate of drug-likeness (QED) is 0.395. The minimum atomic E-state index is 1.25. The van der Waals surface area contributed by atoms with Gasteiger partial charge in [-0.3, -0.25) is 0 Å². The Morgan fingerprint density at radius 1 is 0.800 bits per heavy atom. The van der Waals surface area contributed by atoms with Crippen LogP contribution in [0.1, 0.15) is 0 Å². The van der Waals surface area contributed by atoms with Gasteiger partial charge in [-0.05, 0) is 0 Å². The molecule has 32 valence electrons. The van der Waals surface area contributed by atoms with E-state index in [1.165, 1.54) is 66.8 Å². The van der Waals surface area contributed by atoms with E-state index in [1.54, 1.807) is 0 Å². The molecule has 0 spiro atoms. The molecule has 0 rings (SSSR count). The summed E-state index contributed by atoms with van der Waals surface area (Å²) in [7, 11) is 0. The second-order valence-corrected chi connectivity index (χ2v) is 81.0. The van der Waals surface area contributed by atoms with Gasteiger partial charge in [0.05, 0.1) is 0 Å². The molecule has 0 aromatic heterocycles. The van der Waals surface area contributed by atoms with Crippen LogP contribution in [-0.2, 0) is 0 Å². The Balaban J connectivity index is 3.02. The van der Waals surface area contributed by atoms with E-state index in [4.69, 9.17) is 0 Å². The van der Waals surface area contributed by atoms with Gasteiger partial charge in [0, 0.05) is 0 Å². The van der Waals surface area contributed by atoms with E-state index in [-0.39, 0.29) is 0 Å². The monoisotopic (exact) mass is 320 g/mol. The molecule has 0 saturated carbocycles. The minimum absolute atomic E-state index is 1.25. The van der Waals surface area contributed by atoms with Crippen molar-refractivity contribution in [2.24, 2.45) is 0 Å². The van der Waals surface area contributed by atoms with E-state index < -0.39 is 0 Å². The van der Waals surface area contributed by atoms with E-state index in [0.717, 1.165) is 0 Å². The first-order valence-corrected chi connectivity index (χ1v) is 10.4. The van der Waals surface area contributed by atoms with Gasteiger partial charge in [-0.2, -0.15) is 0 Å². The summed E-state index contributed by atoms with van der Waals surface area (Å²) in [6.07, 6.45) is 0. The fourth-order valence-corrected chi connectivity index (χ4v) is 0. The van der Waals surface area contributed by atoms with Crippen molar-refractivity contribution < 1.29 is 0 Å². The fourth-order valence-electron chi connectivity index (χ4n) is 0. The van der Waals surface area contributed by atoms with Gasteiger partial charge >= 0.3 is 66.8 Å². The SMILES string of the molecule is [GeH3][C]([GeH3])([GeH3])[GeH3]. The van der Waals surface area contributed by atoms with Gasteiger partial charge in [0.2, 0.25) is 0 Å². The summed E-state index contributed by atoms with van der Waals surface area (Å²) in [5.74, 6) is 0. The zero-order valence-electron chi connectivity index (χ0n) is 4.50. The van der Waals surface area contributed by atoms with Crippen LogP contribution < -0.4 is 0 Å². The van der Waals surface area contributed by atoms with Crippen LogP contribution in [-0.4, -0.2) is 66.1 Å². The van der Waals surface area contributed by atoms with Crippen molar-refractivity contribution in [3.05, 3.63) is 0 Å². The molecule has 4 heteroatoms. The molecule has 0 radical (unpaired) electrons. The maximum atomic E-state index is 1.25. The average molecular weight is 315 g/mol. The third kappa shape index (κ3) is 22.8. The molecule has 0 aliphatic carbocycles. The number of rotatable bonds is 0. The summed E-state index contributed by atoms with van der Waals surface area (Å²) in [5, 5.41) is 0. The molecule has 0 aromatic carbocycles. The van der Waals surface area contributed by atoms with Crippen LogP contribution in [0.3, 0.4) is 0 Å². The molecule has 0 bridgehead atoms. The van der Waals surface area contributed by atoms with Crippen LogP contribution in [0.5, 0.6) is 0 Å². The van der Waals surface area contributed by atoms with Gasteiger partial charge in [0.25, 0.3) is 0 Å². The van der Waals surface area contributed by atoms with Crippen LogP contribution in [0.15, 0.2) is 0 Å². The first-order valence-electron chi connectivity index (χ1n) is 2.00. The molecule has 0 saturated heterocycles. The zero-order chi connectivity index (χ0) is 4.50. The van der Waals surface area contributed by atoms with Crippen molar-refractivity contribution in [2.75, 3.05) is 0 Å². The van der Waals surface area contributed by atoms with Gasteiger partial charge in [-0.15, -0.1) is 0 Å². The Morgan fingerprint density at radius 2 is 0.800 bits per heavy atom. The maximum absolute atomic E-state index is 1.25. The summed E-state index contributed by atoms with van der Waals surface area (Å²) < 4.78 is 1.25. The zero-order valence-corrected chi connectivity index (χ0v) is 21.3. The van der Waals surface area contributed by atoms with Crippen LogP contribution in [0.2, 0.25) is 0.745 Å². The van der Waals surface area contributed by atoms with Gasteiger partial charge < -0.3 is 0 Å². The topological polar surface area (TPSA) is 0 Å². The molecule has 0 aliphatic heterocycles. The Bertz CT molecular complexity index is 19.1. The second kappa shape index (κ2) is 2.47. The summed E-state index contributed by atoms with van der Waals surface area (Å²) >= 11 is 5.00.